The number of esters is 1. The van der Waals surface area contributed by atoms with Crippen LogP contribution < -0.4 is 5.32 Å². The maximum absolute atomic E-state index is 13.0. The highest BCUT2D eigenvalue weighted by Gasteiger charge is 2.09. The summed E-state index contributed by atoms with van der Waals surface area (Å²) < 4.78 is 17.5. The van der Waals surface area contributed by atoms with Gasteiger partial charge in [0.2, 0.25) is 5.95 Å². The minimum Gasteiger partial charge on any atom is -0.464 e. The largest absolute Gasteiger partial charge is 0.464 e. The number of carbonyl (C=O) groups excluding carboxylic acids is 1. The molecule has 0 bridgehead atoms. The lowest BCUT2D eigenvalue weighted by molar-refractivity contribution is 0.0594. The van der Waals surface area contributed by atoms with Crippen molar-refractivity contribution in [2.45, 2.75) is 0 Å². The zero-order valence-electron chi connectivity index (χ0n) is 9.85. The van der Waals surface area contributed by atoms with Crippen molar-refractivity contribution in [2.24, 2.45) is 0 Å². The number of rotatable bonds is 3. The van der Waals surface area contributed by atoms with Crippen molar-refractivity contribution in [1.82, 2.24) is 9.97 Å². The van der Waals surface area contributed by atoms with Crippen LogP contribution in [0.3, 0.4) is 0 Å². The number of hydrogen-bond donors (Lipinski definition) is 1. The first-order chi connectivity index (χ1) is 9.10. The molecule has 0 radical (unpaired) electrons. The number of carbonyl (C=O) groups is 1. The molecule has 0 atom stereocenters. The Morgan fingerprint density at radius 3 is 2.89 bits per heavy atom. The summed E-state index contributed by atoms with van der Waals surface area (Å²) in [5.74, 6) is -0.899. The van der Waals surface area contributed by atoms with Gasteiger partial charge in [-0.15, -0.1) is 0 Å². The quantitative estimate of drug-likeness (QED) is 0.877. The highest BCUT2D eigenvalue weighted by molar-refractivity contribution is 6.31. The van der Waals surface area contributed by atoms with Gasteiger partial charge in [-0.05, 0) is 24.3 Å². The number of nitrogens with zero attached hydrogens (tertiary/aromatic N) is 2. The van der Waals surface area contributed by atoms with Gasteiger partial charge in [-0.25, -0.2) is 19.2 Å². The molecule has 0 aliphatic rings. The molecule has 0 aliphatic heterocycles. The fourth-order valence-corrected chi connectivity index (χ4v) is 1.52. The van der Waals surface area contributed by atoms with Crippen LogP contribution in [0.2, 0.25) is 5.02 Å². The van der Waals surface area contributed by atoms with Crippen molar-refractivity contribution in [3.63, 3.8) is 0 Å². The smallest absolute Gasteiger partial charge is 0.356 e. The summed E-state index contributed by atoms with van der Waals surface area (Å²) in [5.41, 5.74) is 0.627. The van der Waals surface area contributed by atoms with Crippen molar-refractivity contribution in [3.05, 3.63) is 47.0 Å². The summed E-state index contributed by atoms with van der Waals surface area (Å²) in [4.78, 5) is 19.2. The van der Waals surface area contributed by atoms with Crippen LogP contribution >= 0.6 is 11.6 Å². The standard InChI is InChI=1S/C12H9ClFN3O2/c1-19-11(18)10-4-5-15-12(17-10)16-7-2-3-9(14)8(13)6-7/h2-6H,1H3,(H,15,16,17). The lowest BCUT2D eigenvalue weighted by Gasteiger charge is -2.06. The van der Waals surface area contributed by atoms with E-state index in [-0.39, 0.29) is 16.7 Å². The van der Waals surface area contributed by atoms with E-state index in [0.717, 1.165) is 0 Å². The van der Waals surface area contributed by atoms with E-state index in [4.69, 9.17) is 11.6 Å². The average Bonchev–Trinajstić information content (AvgIpc) is 2.42. The zero-order chi connectivity index (χ0) is 13.8. The molecule has 0 amide bonds. The molecule has 1 aromatic carbocycles. The zero-order valence-corrected chi connectivity index (χ0v) is 10.6. The maximum Gasteiger partial charge on any atom is 0.356 e. The Labute approximate surface area is 113 Å². The molecule has 2 rings (SSSR count). The first kappa shape index (κ1) is 13.2. The van der Waals surface area contributed by atoms with Gasteiger partial charge in [0, 0.05) is 11.9 Å². The van der Waals surface area contributed by atoms with E-state index < -0.39 is 11.8 Å². The molecule has 0 saturated carbocycles. The SMILES string of the molecule is COC(=O)c1ccnc(Nc2ccc(F)c(Cl)c2)n1. The number of methoxy groups -OCH3 is 1. The van der Waals surface area contributed by atoms with Crippen LogP contribution in [0, 0.1) is 5.82 Å². The van der Waals surface area contributed by atoms with E-state index >= 15 is 0 Å². The first-order valence-electron chi connectivity index (χ1n) is 5.23. The molecule has 0 saturated heterocycles. The number of anilines is 2. The molecule has 0 spiro atoms. The van der Waals surface area contributed by atoms with E-state index in [1.807, 2.05) is 0 Å². The molecule has 0 fully saturated rings. The van der Waals surface area contributed by atoms with Crippen molar-refractivity contribution in [1.29, 1.82) is 0 Å². The fourth-order valence-electron chi connectivity index (χ4n) is 1.34. The molecule has 19 heavy (non-hydrogen) atoms. The second-order valence-electron chi connectivity index (χ2n) is 3.51. The molecule has 5 nitrogen and oxygen atoms in total. The van der Waals surface area contributed by atoms with Gasteiger partial charge >= 0.3 is 5.97 Å². The molecular formula is C12H9ClFN3O2. The van der Waals surface area contributed by atoms with E-state index in [1.54, 1.807) is 0 Å². The predicted octanol–water partition coefficient (Wildman–Crippen LogP) is 2.80. The Kier molecular flexibility index (Phi) is 3.91. The summed E-state index contributed by atoms with van der Waals surface area (Å²) in [6.45, 7) is 0. The first-order valence-corrected chi connectivity index (χ1v) is 5.61. The Balaban J connectivity index is 2.23. The third-order valence-corrected chi connectivity index (χ3v) is 2.52. The van der Waals surface area contributed by atoms with Crippen LogP contribution in [-0.2, 0) is 4.74 Å². The molecule has 0 aliphatic carbocycles. The number of hydrogen-bond acceptors (Lipinski definition) is 5. The molecule has 1 aromatic heterocycles. The van der Waals surface area contributed by atoms with E-state index in [1.165, 1.54) is 37.6 Å². The van der Waals surface area contributed by atoms with Crippen LogP contribution in [-0.4, -0.2) is 23.0 Å². The van der Waals surface area contributed by atoms with Gasteiger partial charge in [-0.1, -0.05) is 11.6 Å². The summed E-state index contributed by atoms with van der Waals surface area (Å²) in [5, 5.41) is 2.79. The normalized spacial score (nSPS) is 10.1. The highest BCUT2D eigenvalue weighted by atomic mass is 35.5. The van der Waals surface area contributed by atoms with Crippen LogP contribution in [0.25, 0.3) is 0 Å². The van der Waals surface area contributed by atoms with E-state index in [0.29, 0.717) is 5.69 Å². The minimum absolute atomic E-state index is 0.0193. The fraction of sp³-hybridized carbons (Fsp3) is 0.0833. The highest BCUT2D eigenvalue weighted by Crippen LogP contribution is 2.21. The van der Waals surface area contributed by atoms with E-state index in [9.17, 15) is 9.18 Å². The number of aromatic nitrogens is 2. The second kappa shape index (κ2) is 5.62. The Bertz CT molecular complexity index is 622. The van der Waals surface area contributed by atoms with Gasteiger partial charge < -0.3 is 10.1 Å². The number of ether oxygens (including phenoxy) is 1. The lowest BCUT2D eigenvalue weighted by Crippen LogP contribution is -2.07. The van der Waals surface area contributed by atoms with Crippen LogP contribution in [0.15, 0.2) is 30.5 Å². The van der Waals surface area contributed by atoms with Gasteiger partial charge in [0.05, 0.1) is 12.1 Å². The summed E-state index contributed by atoms with van der Waals surface area (Å²) >= 11 is 5.65. The number of halogens is 2. The van der Waals surface area contributed by atoms with Crippen molar-refractivity contribution < 1.29 is 13.9 Å². The lowest BCUT2D eigenvalue weighted by atomic mass is 10.3. The van der Waals surface area contributed by atoms with Crippen LogP contribution in [0.4, 0.5) is 16.0 Å². The summed E-state index contributed by atoms with van der Waals surface area (Å²) in [6, 6.07) is 5.52. The molecular weight excluding hydrogens is 273 g/mol. The Morgan fingerprint density at radius 1 is 1.42 bits per heavy atom. The monoisotopic (exact) mass is 281 g/mol. The van der Waals surface area contributed by atoms with Crippen molar-refractivity contribution >= 4 is 29.2 Å². The third kappa shape index (κ3) is 3.17. The average molecular weight is 282 g/mol. The third-order valence-electron chi connectivity index (χ3n) is 2.23. The van der Waals surface area contributed by atoms with Crippen LogP contribution in [0.1, 0.15) is 10.5 Å². The predicted molar refractivity (Wildman–Crippen MR) is 68.1 cm³/mol. The maximum atomic E-state index is 13.0. The molecule has 1 N–H and O–H groups in total. The summed E-state index contributed by atoms with van der Waals surface area (Å²) in [7, 11) is 1.26. The Hall–Kier alpha value is -2.21. The minimum atomic E-state index is -0.567. The number of nitrogens with one attached hydrogen (secondary N) is 1. The molecule has 7 heteroatoms. The second-order valence-corrected chi connectivity index (χ2v) is 3.92. The van der Waals surface area contributed by atoms with Gasteiger partial charge in [-0.3, -0.25) is 0 Å². The van der Waals surface area contributed by atoms with E-state index in [2.05, 4.69) is 20.0 Å². The number of benzene rings is 1. The molecule has 2 aromatic rings. The van der Waals surface area contributed by atoms with Gasteiger partial charge in [0.1, 0.15) is 5.82 Å². The van der Waals surface area contributed by atoms with Gasteiger partial charge in [0.15, 0.2) is 5.69 Å². The van der Waals surface area contributed by atoms with Crippen molar-refractivity contribution in [3.8, 4) is 0 Å². The molecule has 0 unspecified atom stereocenters. The molecule has 98 valence electrons. The Morgan fingerprint density at radius 2 is 2.21 bits per heavy atom. The van der Waals surface area contributed by atoms with Crippen LogP contribution in [0.5, 0.6) is 0 Å². The molecule has 1 heterocycles. The van der Waals surface area contributed by atoms with Crippen molar-refractivity contribution in [2.75, 3.05) is 12.4 Å². The summed E-state index contributed by atoms with van der Waals surface area (Å²) in [6.07, 6.45) is 1.41. The van der Waals surface area contributed by atoms with Gasteiger partial charge in [-0.2, -0.15) is 0 Å². The van der Waals surface area contributed by atoms with Gasteiger partial charge in [0.25, 0.3) is 0 Å². The topological polar surface area (TPSA) is 64.1 Å².